The number of benzene rings is 2. The van der Waals surface area contributed by atoms with Crippen LogP contribution in [0.2, 0.25) is 0 Å². The summed E-state index contributed by atoms with van der Waals surface area (Å²) in [5, 5.41) is 0.857. The van der Waals surface area contributed by atoms with E-state index >= 15 is 0 Å². The number of piperazine rings is 1. The fourth-order valence-electron chi connectivity index (χ4n) is 3.24. The molecule has 8 heteroatoms. The smallest absolute Gasteiger partial charge is 0.254 e. The summed E-state index contributed by atoms with van der Waals surface area (Å²) in [5.74, 6) is 0.862. The van der Waals surface area contributed by atoms with Crippen molar-refractivity contribution in [3.8, 4) is 11.5 Å². The van der Waals surface area contributed by atoms with Crippen LogP contribution in [0.1, 0.15) is 10.4 Å². The molecule has 1 aliphatic heterocycles. The lowest BCUT2D eigenvalue weighted by Gasteiger charge is -2.34. The first-order valence-corrected chi connectivity index (χ1v) is 9.72. The molecule has 1 saturated heterocycles. The third-order valence-electron chi connectivity index (χ3n) is 4.77. The minimum absolute atomic E-state index is 0.0526. The maximum absolute atomic E-state index is 13.4. The van der Waals surface area contributed by atoms with Crippen LogP contribution in [0.15, 0.2) is 36.4 Å². The summed E-state index contributed by atoms with van der Waals surface area (Å²) >= 11 is 1.47. The molecule has 0 aliphatic carbocycles. The third kappa shape index (κ3) is 3.60. The van der Waals surface area contributed by atoms with E-state index < -0.39 is 0 Å². The van der Waals surface area contributed by atoms with Crippen molar-refractivity contribution in [1.29, 1.82) is 0 Å². The van der Waals surface area contributed by atoms with Gasteiger partial charge in [-0.25, -0.2) is 9.37 Å². The number of halogens is 1. The maximum Gasteiger partial charge on any atom is 0.254 e. The van der Waals surface area contributed by atoms with Gasteiger partial charge in [0, 0.05) is 37.8 Å². The number of hydrogen-bond acceptors (Lipinski definition) is 6. The van der Waals surface area contributed by atoms with Crippen molar-refractivity contribution >= 4 is 32.6 Å². The zero-order chi connectivity index (χ0) is 19.7. The molecule has 3 aromatic rings. The van der Waals surface area contributed by atoms with Crippen molar-refractivity contribution in [2.45, 2.75) is 0 Å². The van der Waals surface area contributed by atoms with Gasteiger partial charge in [0.25, 0.3) is 5.91 Å². The second-order valence-corrected chi connectivity index (χ2v) is 7.50. The molecule has 0 bridgehead atoms. The van der Waals surface area contributed by atoms with Crippen molar-refractivity contribution in [1.82, 2.24) is 9.88 Å². The number of amides is 1. The molecule has 28 heavy (non-hydrogen) atoms. The molecule has 4 rings (SSSR count). The number of methoxy groups -OCH3 is 2. The zero-order valence-electron chi connectivity index (χ0n) is 15.6. The van der Waals surface area contributed by atoms with Crippen LogP contribution in [0, 0.1) is 5.82 Å². The van der Waals surface area contributed by atoms with Gasteiger partial charge >= 0.3 is 0 Å². The SMILES string of the molecule is COc1cc(OC)cc(C(=O)N2CCN(c3nc4ccc(F)cc4s3)CC2)c1. The molecule has 2 heterocycles. The molecule has 1 aromatic heterocycles. The van der Waals surface area contributed by atoms with E-state index in [0.29, 0.717) is 43.2 Å². The molecule has 0 unspecified atom stereocenters. The fourth-order valence-corrected chi connectivity index (χ4v) is 4.28. The van der Waals surface area contributed by atoms with Crippen molar-refractivity contribution in [3.63, 3.8) is 0 Å². The first-order chi connectivity index (χ1) is 13.6. The molecule has 0 N–H and O–H groups in total. The minimum Gasteiger partial charge on any atom is -0.497 e. The molecular weight excluding hydrogens is 381 g/mol. The Morgan fingerprint density at radius 3 is 2.36 bits per heavy atom. The Kier molecular flexibility index (Phi) is 5.04. The van der Waals surface area contributed by atoms with E-state index in [1.165, 1.54) is 23.5 Å². The van der Waals surface area contributed by atoms with Crippen LogP contribution in [0.5, 0.6) is 11.5 Å². The van der Waals surface area contributed by atoms with E-state index in [2.05, 4.69) is 9.88 Å². The van der Waals surface area contributed by atoms with E-state index in [9.17, 15) is 9.18 Å². The molecular formula is C20H20FN3O3S. The Hall–Kier alpha value is -2.87. The number of nitrogens with zero attached hydrogens (tertiary/aromatic N) is 3. The van der Waals surface area contributed by atoms with Gasteiger partial charge in [0.15, 0.2) is 5.13 Å². The number of rotatable bonds is 4. The van der Waals surface area contributed by atoms with Crippen molar-refractivity contribution in [3.05, 3.63) is 47.8 Å². The average molecular weight is 401 g/mol. The van der Waals surface area contributed by atoms with Gasteiger partial charge in [-0.05, 0) is 30.3 Å². The average Bonchev–Trinajstić information content (AvgIpc) is 3.16. The van der Waals surface area contributed by atoms with Crippen LogP contribution < -0.4 is 14.4 Å². The highest BCUT2D eigenvalue weighted by Gasteiger charge is 2.24. The van der Waals surface area contributed by atoms with Gasteiger partial charge in [-0.3, -0.25) is 4.79 Å². The Morgan fingerprint density at radius 2 is 1.71 bits per heavy atom. The molecule has 0 radical (unpaired) electrons. The normalized spacial score (nSPS) is 14.4. The Morgan fingerprint density at radius 1 is 1.04 bits per heavy atom. The number of carbonyl (C=O) groups is 1. The Balaban J connectivity index is 1.46. The topological polar surface area (TPSA) is 54.9 Å². The molecule has 0 saturated carbocycles. The van der Waals surface area contributed by atoms with Crippen molar-refractivity contribution in [2.75, 3.05) is 45.3 Å². The summed E-state index contributed by atoms with van der Waals surface area (Å²) in [5.41, 5.74) is 1.34. The van der Waals surface area contributed by atoms with E-state index in [-0.39, 0.29) is 11.7 Å². The molecule has 146 valence electrons. The standard InChI is InChI=1S/C20H20FN3O3S/c1-26-15-9-13(10-16(12-15)27-2)19(25)23-5-7-24(8-6-23)20-22-17-4-3-14(21)11-18(17)28-20/h3-4,9-12H,5-8H2,1-2H3. The molecule has 1 fully saturated rings. The molecule has 0 spiro atoms. The highest BCUT2D eigenvalue weighted by molar-refractivity contribution is 7.22. The van der Waals surface area contributed by atoms with Gasteiger partial charge in [-0.1, -0.05) is 11.3 Å². The highest BCUT2D eigenvalue weighted by atomic mass is 32.1. The number of anilines is 1. The lowest BCUT2D eigenvalue weighted by Crippen LogP contribution is -2.48. The molecule has 1 amide bonds. The first kappa shape index (κ1) is 18.5. The molecule has 0 atom stereocenters. The summed E-state index contributed by atoms with van der Waals surface area (Å²) < 4.78 is 24.7. The van der Waals surface area contributed by atoms with Crippen LogP contribution in [0.25, 0.3) is 10.2 Å². The summed E-state index contributed by atoms with van der Waals surface area (Å²) in [6.07, 6.45) is 0. The molecule has 2 aromatic carbocycles. The molecule has 1 aliphatic rings. The summed E-state index contributed by atoms with van der Waals surface area (Å²) in [6.45, 7) is 2.52. The second kappa shape index (κ2) is 7.63. The van der Waals surface area contributed by atoms with Gasteiger partial charge < -0.3 is 19.3 Å². The van der Waals surface area contributed by atoms with E-state index in [1.807, 2.05) is 4.90 Å². The number of hydrogen-bond donors (Lipinski definition) is 0. The number of carbonyl (C=O) groups excluding carboxylic acids is 1. The van der Waals surface area contributed by atoms with Gasteiger partial charge in [0.2, 0.25) is 0 Å². The predicted octanol–water partition coefficient (Wildman–Crippen LogP) is 3.42. The Labute approximate surface area is 166 Å². The molecule has 6 nitrogen and oxygen atoms in total. The first-order valence-electron chi connectivity index (χ1n) is 8.91. The number of aromatic nitrogens is 1. The predicted molar refractivity (Wildman–Crippen MR) is 107 cm³/mol. The second-order valence-electron chi connectivity index (χ2n) is 6.49. The number of fused-ring (bicyclic) bond motifs is 1. The van der Waals surface area contributed by atoms with Crippen LogP contribution in [0.4, 0.5) is 9.52 Å². The largest absolute Gasteiger partial charge is 0.497 e. The Bertz CT molecular complexity index is 993. The number of ether oxygens (including phenoxy) is 2. The highest BCUT2D eigenvalue weighted by Crippen LogP contribution is 2.30. The van der Waals surface area contributed by atoms with Crippen molar-refractivity contribution < 1.29 is 18.7 Å². The third-order valence-corrected chi connectivity index (χ3v) is 5.85. The monoisotopic (exact) mass is 401 g/mol. The van der Waals surface area contributed by atoms with Crippen LogP contribution in [-0.2, 0) is 0 Å². The van der Waals surface area contributed by atoms with E-state index in [1.54, 1.807) is 38.5 Å². The van der Waals surface area contributed by atoms with Gasteiger partial charge in [-0.2, -0.15) is 0 Å². The maximum atomic E-state index is 13.4. The van der Waals surface area contributed by atoms with Gasteiger partial charge in [-0.15, -0.1) is 0 Å². The van der Waals surface area contributed by atoms with Gasteiger partial charge in [0.05, 0.1) is 24.4 Å². The van der Waals surface area contributed by atoms with Crippen LogP contribution in [-0.4, -0.2) is 56.2 Å². The number of thiazole rings is 1. The lowest BCUT2D eigenvalue weighted by molar-refractivity contribution is 0.0746. The van der Waals surface area contributed by atoms with Crippen LogP contribution in [0.3, 0.4) is 0 Å². The minimum atomic E-state index is -0.258. The summed E-state index contributed by atoms with van der Waals surface area (Å²) in [7, 11) is 3.12. The lowest BCUT2D eigenvalue weighted by atomic mass is 10.1. The summed E-state index contributed by atoms with van der Waals surface area (Å²) in [4.78, 5) is 21.4. The van der Waals surface area contributed by atoms with Gasteiger partial charge in [0.1, 0.15) is 17.3 Å². The van der Waals surface area contributed by atoms with E-state index in [0.717, 1.165) is 15.3 Å². The zero-order valence-corrected chi connectivity index (χ0v) is 16.5. The fraction of sp³-hybridized carbons (Fsp3) is 0.300. The van der Waals surface area contributed by atoms with Crippen LogP contribution >= 0.6 is 11.3 Å². The van der Waals surface area contributed by atoms with Crippen molar-refractivity contribution in [2.24, 2.45) is 0 Å². The van der Waals surface area contributed by atoms with E-state index in [4.69, 9.17) is 9.47 Å². The quantitative estimate of drug-likeness (QED) is 0.671. The summed E-state index contributed by atoms with van der Waals surface area (Å²) in [6, 6.07) is 9.81.